The highest BCUT2D eigenvalue weighted by Crippen LogP contribution is 2.37. The Bertz CT molecular complexity index is 244. The van der Waals surface area contributed by atoms with Gasteiger partial charge in [-0.05, 0) is 6.92 Å². The highest BCUT2D eigenvalue weighted by atomic mass is 79.9. The second-order valence-corrected chi connectivity index (χ2v) is 4.47. The first-order chi connectivity index (χ1) is 4.66. The highest BCUT2D eigenvalue weighted by Gasteiger charge is 2.09. The van der Waals surface area contributed by atoms with Gasteiger partial charge < -0.3 is 0 Å². The van der Waals surface area contributed by atoms with Gasteiger partial charge in [0.15, 0.2) is 0 Å². The summed E-state index contributed by atoms with van der Waals surface area (Å²) in [6.45, 7) is 1.96. The first-order valence-corrected chi connectivity index (χ1v) is 5.35. The summed E-state index contributed by atoms with van der Waals surface area (Å²) in [6.07, 6.45) is 0. The number of thiophene rings is 1. The van der Waals surface area contributed by atoms with E-state index in [-0.39, 0.29) is 0 Å². The van der Waals surface area contributed by atoms with Gasteiger partial charge in [0.25, 0.3) is 0 Å². The Balaban J connectivity index is 3.17. The van der Waals surface area contributed by atoms with Crippen molar-refractivity contribution in [3.05, 3.63) is 19.8 Å². The second-order valence-electron chi connectivity index (χ2n) is 1.84. The van der Waals surface area contributed by atoms with E-state index in [2.05, 4.69) is 15.9 Å². The molecule has 0 aliphatic heterocycles. The van der Waals surface area contributed by atoms with Crippen molar-refractivity contribution in [3.8, 4) is 0 Å². The molecule has 1 rings (SSSR count). The lowest BCUT2D eigenvalue weighted by molar-refractivity contribution is 1.57. The van der Waals surface area contributed by atoms with Gasteiger partial charge in [-0.3, -0.25) is 0 Å². The third kappa shape index (κ3) is 1.50. The molecule has 0 aliphatic carbocycles. The summed E-state index contributed by atoms with van der Waals surface area (Å²) in [5.74, 6) is 0. The number of hydrogen-bond acceptors (Lipinski definition) is 1. The minimum atomic E-state index is 0.695. The fourth-order valence-corrected chi connectivity index (χ4v) is 2.90. The fraction of sp³-hybridized carbons (Fsp3) is 0.333. The van der Waals surface area contributed by atoms with Crippen LogP contribution >= 0.6 is 50.5 Å². The van der Waals surface area contributed by atoms with Crippen LogP contribution in [-0.4, -0.2) is 0 Å². The molecular weight excluding hydrogens is 255 g/mol. The molecule has 0 amide bonds. The lowest BCUT2D eigenvalue weighted by Crippen LogP contribution is -1.65. The minimum Gasteiger partial charge on any atom is -0.142 e. The lowest BCUT2D eigenvalue weighted by atomic mass is 10.4. The molecule has 1 aromatic heterocycles. The Morgan fingerprint density at radius 3 is 2.20 bits per heavy atom. The van der Waals surface area contributed by atoms with Crippen molar-refractivity contribution in [1.29, 1.82) is 0 Å². The number of aryl methyl sites for hydroxylation is 1. The van der Waals surface area contributed by atoms with Crippen molar-refractivity contribution >= 4 is 50.5 Å². The number of rotatable bonds is 1. The van der Waals surface area contributed by atoms with E-state index in [4.69, 9.17) is 23.2 Å². The summed E-state index contributed by atoms with van der Waals surface area (Å²) in [5.41, 5.74) is 0. The van der Waals surface area contributed by atoms with Crippen molar-refractivity contribution in [2.45, 2.75) is 12.3 Å². The second kappa shape index (κ2) is 3.44. The first-order valence-electron chi connectivity index (χ1n) is 2.66. The van der Waals surface area contributed by atoms with Crippen LogP contribution in [0, 0.1) is 6.92 Å². The number of hydrogen-bond donors (Lipinski definition) is 0. The van der Waals surface area contributed by atoms with Gasteiger partial charge in [0.1, 0.15) is 0 Å². The molecule has 0 radical (unpaired) electrons. The fourth-order valence-electron chi connectivity index (χ4n) is 0.637. The van der Waals surface area contributed by atoms with E-state index in [1.807, 2.05) is 6.92 Å². The normalized spacial score (nSPS) is 10.4. The Morgan fingerprint density at radius 2 is 2.00 bits per heavy atom. The molecule has 1 heterocycles. The Labute approximate surface area is 82.3 Å². The van der Waals surface area contributed by atoms with Crippen LogP contribution in [-0.2, 0) is 5.33 Å². The maximum Gasteiger partial charge on any atom is 0.0742 e. The Kier molecular flexibility index (Phi) is 3.04. The molecule has 0 N–H and O–H groups in total. The quantitative estimate of drug-likeness (QED) is 0.662. The molecule has 4 heteroatoms. The van der Waals surface area contributed by atoms with Gasteiger partial charge in [-0.15, -0.1) is 11.3 Å². The van der Waals surface area contributed by atoms with E-state index in [0.717, 1.165) is 15.1 Å². The van der Waals surface area contributed by atoms with Gasteiger partial charge in [0, 0.05) is 15.1 Å². The molecule has 56 valence electrons. The summed E-state index contributed by atoms with van der Waals surface area (Å²) in [6, 6.07) is 0. The SMILES string of the molecule is Cc1sc(CBr)c(Cl)c1Cl. The molecule has 1 aromatic rings. The van der Waals surface area contributed by atoms with E-state index in [0.29, 0.717) is 10.0 Å². The molecule has 0 spiro atoms. The third-order valence-electron chi connectivity index (χ3n) is 1.14. The van der Waals surface area contributed by atoms with Crippen molar-refractivity contribution < 1.29 is 0 Å². The zero-order valence-electron chi connectivity index (χ0n) is 5.25. The largest absolute Gasteiger partial charge is 0.142 e. The molecule has 0 aliphatic rings. The van der Waals surface area contributed by atoms with Gasteiger partial charge in [0.2, 0.25) is 0 Å². The molecule has 0 unspecified atom stereocenters. The monoisotopic (exact) mass is 258 g/mol. The predicted octanol–water partition coefficient (Wildman–Crippen LogP) is 4.26. The van der Waals surface area contributed by atoms with E-state index < -0.39 is 0 Å². The Morgan fingerprint density at radius 1 is 1.40 bits per heavy atom. The third-order valence-corrected chi connectivity index (χ3v) is 4.39. The van der Waals surface area contributed by atoms with E-state index in [9.17, 15) is 0 Å². The van der Waals surface area contributed by atoms with E-state index in [1.165, 1.54) is 0 Å². The minimum absolute atomic E-state index is 0.695. The molecule has 0 atom stereocenters. The molecule has 10 heavy (non-hydrogen) atoms. The van der Waals surface area contributed by atoms with Gasteiger partial charge in [-0.2, -0.15) is 0 Å². The van der Waals surface area contributed by atoms with Crippen LogP contribution in [0.4, 0.5) is 0 Å². The highest BCUT2D eigenvalue weighted by molar-refractivity contribution is 9.08. The smallest absolute Gasteiger partial charge is 0.0742 e. The van der Waals surface area contributed by atoms with Gasteiger partial charge in [-0.25, -0.2) is 0 Å². The first kappa shape index (κ1) is 8.85. The van der Waals surface area contributed by atoms with E-state index >= 15 is 0 Å². The van der Waals surface area contributed by atoms with Crippen molar-refractivity contribution in [1.82, 2.24) is 0 Å². The van der Waals surface area contributed by atoms with Crippen LogP contribution in [0.2, 0.25) is 10.0 Å². The van der Waals surface area contributed by atoms with Gasteiger partial charge in [-0.1, -0.05) is 39.1 Å². The Hall–Kier alpha value is 0.760. The van der Waals surface area contributed by atoms with Crippen LogP contribution in [0.5, 0.6) is 0 Å². The maximum atomic E-state index is 5.86. The molecule has 0 saturated carbocycles. The molecule has 0 aromatic carbocycles. The number of alkyl halides is 1. The average molecular weight is 260 g/mol. The lowest BCUT2D eigenvalue weighted by Gasteiger charge is -1.86. The zero-order chi connectivity index (χ0) is 7.72. The molecule has 0 saturated heterocycles. The summed E-state index contributed by atoms with van der Waals surface area (Å²) >= 11 is 16.7. The van der Waals surface area contributed by atoms with E-state index in [1.54, 1.807) is 11.3 Å². The van der Waals surface area contributed by atoms with Gasteiger partial charge in [0.05, 0.1) is 10.0 Å². The van der Waals surface area contributed by atoms with Crippen LogP contribution in [0.3, 0.4) is 0 Å². The zero-order valence-corrected chi connectivity index (χ0v) is 9.16. The topological polar surface area (TPSA) is 0 Å². The average Bonchev–Trinajstić information content (AvgIpc) is 2.17. The van der Waals surface area contributed by atoms with Crippen LogP contribution < -0.4 is 0 Å². The molecular formula is C6H5BrCl2S. The molecule has 0 nitrogen and oxygen atoms in total. The summed E-state index contributed by atoms with van der Waals surface area (Å²) in [7, 11) is 0. The standard InChI is InChI=1S/C6H5BrCl2S/c1-3-5(8)6(9)4(2-7)10-3/h2H2,1H3. The number of halogens is 3. The van der Waals surface area contributed by atoms with Crippen molar-refractivity contribution in [2.75, 3.05) is 0 Å². The van der Waals surface area contributed by atoms with Crippen LogP contribution in [0.15, 0.2) is 0 Å². The van der Waals surface area contributed by atoms with Gasteiger partial charge >= 0.3 is 0 Å². The molecule has 0 fully saturated rings. The summed E-state index contributed by atoms with van der Waals surface area (Å²) in [4.78, 5) is 2.19. The predicted molar refractivity (Wildman–Crippen MR) is 51.7 cm³/mol. The summed E-state index contributed by atoms with van der Waals surface area (Å²) < 4.78 is 0. The van der Waals surface area contributed by atoms with Crippen molar-refractivity contribution in [2.24, 2.45) is 0 Å². The maximum absolute atomic E-state index is 5.86. The van der Waals surface area contributed by atoms with Crippen molar-refractivity contribution in [3.63, 3.8) is 0 Å². The van der Waals surface area contributed by atoms with Crippen LogP contribution in [0.25, 0.3) is 0 Å². The van der Waals surface area contributed by atoms with Crippen LogP contribution in [0.1, 0.15) is 9.75 Å². The summed E-state index contributed by atoms with van der Waals surface area (Å²) in [5, 5.41) is 2.17. The molecule has 0 bridgehead atoms.